The molecule has 3 N–H and O–H groups in total. The van der Waals surface area contributed by atoms with E-state index in [0.717, 1.165) is 34.2 Å². The Morgan fingerprint density at radius 3 is 2.59 bits per heavy atom. The third-order valence-electron chi connectivity index (χ3n) is 11.7. The Balaban J connectivity index is 1.41. The van der Waals surface area contributed by atoms with Gasteiger partial charge in [-0.2, -0.15) is 13.2 Å². The first-order chi connectivity index (χ1) is 26.5. The molecule has 12 heteroatoms. The van der Waals surface area contributed by atoms with Gasteiger partial charge in [-0.1, -0.05) is 48.4 Å². The number of ketones is 1. The number of aliphatic hydroxyl groups is 2. The molecule has 3 aliphatic rings. The van der Waals surface area contributed by atoms with Crippen molar-refractivity contribution in [1.82, 2.24) is 10.2 Å². The summed E-state index contributed by atoms with van der Waals surface area (Å²) in [5.74, 6) is -0.849. The highest BCUT2D eigenvalue weighted by Crippen LogP contribution is 2.59. The maximum absolute atomic E-state index is 14.6. The number of carbonyl (C=O) groups excluding carboxylic acids is 2. The number of urea groups is 1. The van der Waals surface area contributed by atoms with E-state index < -0.39 is 34.6 Å². The molecule has 1 saturated carbocycles. The van der Waals surface area contributed by atoms with Gasteiger partial charge < -0.3 is 24.8 Å². The zero-order valence-electron chi connectivity index (χ0n) is 32.2. The van der Waals surface area contributed by atoms with E-state index in [1.807, 2.05) is 43.5 Å². The van der Waals surface area contributed by atoms with Gasteiger partial charge in [-0.25, -0.2) is 4.79 Å². The minimum Gasteiger partial charge on any atom is -0.453 e. The molecule has 4 atom stereocenters. The van der Waals surface area contributed by atoms with Gasteiger partial charge in [-0.15, -0.1) is 11.3 Å². The van der Waals surface area contributed by atoms with Crippen LogP contribution in [-0.4, -0.2) is 57.8 Å². The van der Waals surface area contributed by atoms with Gasteiger partial charge in [0.15, 0.2) is 5.76 Å². The number of nitrogens with one attached hydrogen (secondary N) is 1. The van der Waals surface area contributed by atoms with E-state index in [1.165, 1.54) is 12.1 Å². The summed E-state index contributed by atoms with van der Waals surface area (Å²) in [4.78, 5) is 31.2. The number of fused-ring (bicyclic) bond motifs is 8. The number of nitrogens with zero attached hydrogens (tertiary/aromatic N) is 1. The summed E-state index contributed by atoms with van der Waals surface area (Å²) in [6.45, 7) is 8.43. The van der Waals surface area contributed by atoms with Gasteiger partial charge in [0.05, 0.1) is 28.8 Å². The summed E-state index contributed by atoms with van der Waals surface area (Å²) < 4.78 is 46.8. The number of hydrogen-bond acceptors (Lipinski definition) is 6. The number of halogens is 4. The van der Waals surface area contributed by atoms with Crippen LogP contribution in [0.15, 0.2) is 82.1 Å². The summed E-state index contributed by atoms with van der Waals surface area (Å²) in [5.41, 5.74) is -0.0801. The number of amides is 2. The monoisotopic (exact) mass is 810 g/mol. The van der Waals surface area contributed by atoms with Gasteiger partial charge in [0.1, 0.15) is 5.76 Å². The second-order valence-electron chi connectivity index (χ2n) is 16.0. The largest absolute Gasteiger partial charge is 0.453 e. The Morgan fingerprint density at radius 1 is 1.09 bits per heavy atom. The summed E-state index contributed by atoms with van der Waals surface area (Å²) in [5, 5.41) is 29.0. The number of allylic oxidation sites excluding steroid dienone is 2. The molecule has 300 valence electrons. The fraction of sp³-hybridized carbons (Fsp3) is 0.455. The number of alkyl halides is 3. The smallest absolute Gasteiger partial charge is 0.416 e. The average Bonchev–Trinajstić information content (AvgIpc) is 3.89. The summed E-state index contributed by atoms with van der Waals surface area (Å²) in [7, 11) is 0. The van der Waals surface area contributed by atoms with Crippen LogP contribution < -0.4 is 5.32 Å². The molecule has 1 fully saturated rings. The molecular weight excluding hydrogens is 761 g/mol. The zero-order chi connectivity index (χ0) is 40.4. The molecule has 2 bridgehead atoms. The van der Waals surface area contributed by atoms with Crippen molar-refractivity contribution in [3.63, 3.8) is 0 Å². The van der Waals surface area contributed by atoms with Crippen LogP contribution in [-0.2, 0) is 19.0 Å². The highest BCUT2D eigenvalue weighted by Gasteiger charge is 2.57. The summed E-state index contributed by atoms with van der Waals surface area (Å²) in [6.07, 6.45) is 1.21. The van der Waals surface area contributed by atoms with Crippen molar-refractivity contribution in [3.05, 3.63) is 116 Å². The van der Waals surface area contributed by atoms with E-state index in [9.17, 15) is 33.0 Å². The lowest BCUT2D eigenvalue weighted by Crippen LogP contribution is -2.56. The number of rotatable bonds is 9. The molecule has 7 rings (SSSR count). The van der Waals surface area contributed by atoms with Gasteiger partial charge in [-0.3, -0.25) is 4.79 Å². The number of benzene rings is 2. The van der Waals surface area contributed by atoms with Crippen molar-refractivity contribution in [2.75, 3.05) is 13.1 Å². The summed E-state index contributed by atoms with van der Waals surface area (Å²) >= 11 is 7.95. The molecule has 4 aromatic rings. The Hall–Kier alpha value is -3.90. The molecule has 4 unspecified atom stereocenters. The lowest BCUT2D eigenvalue weighted by atomic mass is 9.64. The maximum atomic E-state index is 14.6. The fourth-order valence-electron chi connectivity index (χ4n) is 8.43. The van der Waals surface area contributed by atoms with Crippen molar-refractivity contribution >= 4 is 34.8 Å². The number of hydrogen-bond donors (Lipinski definition) is 3. The third-order valence-corrected chi connectivity index (χ3v) is 12.9. The van der Waals surface area contributed by atoms with Crippen LogP contribution in [0.4, 0.5) is 18.0 Å². The molecule has 7 nitrogen and oxygen atoms in total. The highest BCUT2D eigenvalue weighted by molar-refractivity contribution is 7.09. The van der Waals surface area contributed by atoms with Crippen LogP contribution in [0, 0.1) is 5.41 Å². The Kier molecular flexibility index (Phi) is 12.6. The quantitative estimate of drug-likeness (QED) is 0.115. The number of aliphatic hydroxyl groups excluding tert-OH is 1. The first-order valence-corrected chi connectivity index (χ1v) is 20.5. The molecule has 2 heterocycles. The molecule has 3 aliphatic carbocycles. The fourth-order valence-corrected chi connectivity index (χ4v) is 9.34. The number of carbonyl (C=O) groups is 2. The van der Waals surface area contributed by atoms with E-state index in [0.29, 0.717) is 69.0 Å². The Labute approximate surface area is 335 Å². The first kappa shape index (κ1) is 41.7. The second kappa shape index (κ2) is 16.9. The number of furan rings is 1. The van der Waals surface area contributed by atoms with Crippen molar-refractivity contribution in [2.45, 2.75) is 109 Å². The van der Waals surface area contributed by atoms with E-state index in [2.05, 4.69) is 25.2 Å². The van der Waals surface area contributed by atoms with Crippen LogP contribution in [0.25, 0.3) is 11.3 Å². The predicted octanol–water partition coefficient (Wildman–Crippen LogP) is 10.6. The van der Waals surface area contributed by atoms with Gasteiger partial charge >= 0.3 is 12.2 Å². The normalized spacial score (nSPS) is 23.1. The number of thiophene rings is 1. The lowest BCUT2D eigenvalue weighted by molar-refractivity contribution is -0.137. The van der Waals surface area contributed by atoms with Crippen molar-refractivity contribution in [1.29, 1.82) is 0 Å². The van der Waals surface area contributed by atoms with Gasteiger partial charge in [0, 0.05) is 34.0 Å². The van der Waals surface area contributed by atoms with Crippen LogP contribution >= 0.6 is 22.9 Å². The standard InChI is InChI=1S/C44H50ClF3N2O5S/c1-27(2)49-41(53)50(21-18-32-8-6-22-56-32)26-43(54)20-17-36-33-13-10-29(23-31(51)12-9-28(3)7-5-19-42(36,43)4)24-34(33)40(52)39-16-15-38(55-39)35-25-30(44(46,47)48)11-14-37(35)45/h6-8,10-11,13-16,22,24-25,27,31,36,51,54H,5,9,12,17-21,23,26H2,1-4H3,(H,49,53). The van der Waals surface area contributed by atoms with E-state index in [-0.39, 0.29) is 46.6 Å². The molecular formula is C44H50ClF3N2O5S. The van der Waals surface area contributed by atoms with Crippen molar-refractivity contribution in [2.24, 2.45) is 5.41 Å². The van der Waals surface area contributed by atoms with Gasteiger partial charge in [-0.05, 0) is 137 Å². The SMILES string of the molecule is CC1=CCCC2(C)C(CCC2(O)CN(CCc2cccs2)C(=O)NC(C)C)c2ccc(cc2C(=O)c2ccc(-c3cc(C(F)(F)F)ccc3Cl)o2)CC(O)CC1. The van der Waals surface area contributed by atoms with Crippen molar-refractivity contribution < 1.29 is 37.4 Å². The van der Waals surface area contributed by atoms with Crippen LogP contribution in [0.3, 0.4) is 0 Å². The topological polar surface area (TPSA) is 103 Å². The summed E-state index contributed by atoms with van der Waals surface area (Å²) in [6, 6.07) is 15.1. The molecule has 0 spiro atoms. The zero-order valence-corrected chi connectivity index (χ0v) is 33.8. The average molecular weight is 811 g/mol. The third kappa shape index (κ3) is 9.12. The Bertz CT molecular complexity index is 2060. The minimum absolute atomic E-state index is 0.00834. The van der Waals surface area contributed by atoms with Gasteiger partial charge in [0.2, 0.25) is 5.78 Å². The van der Waals surface area contributed by atoms with Crippen LogP contribution in [0.1, 0.15) is 110 Å². The van der Waals surface area contributed by atoms with E-state index >= 15 is 0 Å². The van der Waals surface area contributed by atoms with Crippen molar-refractivity contribution in [3.8, 4) is 11.3 Å². The van der Waals surface area contributed by atoms with Crippen LogP contribution in [0.2, 0.25) is 5.02 Å². The predicted molar refractivity (Wildman–Crippen MR) is 214 cm³/mol. The first-order valence-electron chi connectivity index (χ1n) is 19.3. The lowest BCUT2D eigenvalue weighted by Gasteiger charge is -2.46. The maximum Gasteiger partial charge on any atom is 0.416 e. The second-order valence-corrected chi connectivity index (χ2v) is 17.4. The molecule has 0 saturated heterocycles. The van der Waals surface area contributed by atoms with E-state index in [4.69, 9.17) is 16.0 Å². The molecule has 2 aromatic carbocycles. The molecule has 2 aromatic heterocycles. The molecule has 0 radical (unpaired) electrons. The Morgan fingerprint density at radius 2 is 1.88 bits per heavy atom. The van der Waals surface area contributed by atoms with Gasteiger partial charge in [0.25, 0.3) is 0 Å². The van der Waals surface area contributed by atoms with Crippen LogP contribution in [0.5, 0.6) is 0 Å². The highest BCUT2D eigenvalue weighted by atomic mass is 35.5. The minimum atomic E-state index is -4.60. The van der Waals surface area contributed by atoms with E-state index in [1.54, 1.807) is 22.3 Å². The molecule has 56 heavy (non-hydrogen) atoms. The molecule has 2 amide bonds. The molecule has 0 aliphatic heterocycles.